The van der Waals surface area contributed by atoms with Gasteiger partial charge in [-0.15, -0.1) is 0 Å². The van der Waals surface area contributed by atoms with Gasteiger partial charge >= 0.3 is 0 Å². The van der Waals surface area contributed by atoms with Crippen LogP contribution in [0.5, 0.6) is 0 Å². The molecule has 0 aliphatic carbocycles. The maximum Gasteiger partial charge on any atom is 0.0307 e. The minimum absolute atomic E-state index is 0.162. The lowest BCUT2D eigenvalue weighted by Crippen LogP contribution is -2.31. The second kappa shape index (κ2) is 7.21. The summed E-state index contributed by atoms with van der Waals surface area (Å²) in [5.41, 5.74) is 10.3. The molecule has 0 saturated carbocycles. The Morgan fingerprint density at radius 1 is 1.05 bits per heavy atom. The van der Waals surface area contributed by atoms with E-state index in [2.05, 4.69) is 48.9 Å². The van der Waals surface area contributed by atoms with Gasteiger partial charge in [0.25, 0.3) is 0 Å². The molecule has 0 amide bonds. The molecule has 112 valence electrons. The lowest BCUT2D eigenvalue weighted by Gasteiger charge is -2.22. The summed E-state index contributed by atoms with van der Waals surface area (Å²) in [6.45, 7) is 10.2. The molecule has 2 rings (SSSR count). The van der Waals surface area contributed by atoms with Gasteiger partial charge in [0.1, 0.15) is 0 Å². The Morgan fingerprint density at radius 2 is 1.75 bits per heavy atom. The molecule has 0 spiro atoms. The van der Waals surface area contributed by atoms with E-state index in [1.807, 2.05) is 0 Å². The van der Waals surface area contributed by atoms with Crippen molar-refractivity contribution in [3.8, 4) is 0 Å². The largest absolute Gasteiger partial charge is 0.324 e. The first-order valence-electron chi connectivity index (χ1n) is 7.79. The Bertz CT molecular complexity index is 410. The highest BCUT2D eigenvalue weighted by Crippen LogP contribution is 2.18. The molecule has 1 aliphatic heterocycles. The van der Waals surface area contributed by atoms with Gasteiger partial charge in [0, 0.05) is 19.1 Å². The second-order valence-corrected chi connectivity index (χ2v) is 6.31. The SMILES string of the molecule is Cc1cc(C)cc(C(N)CCN2CCCN(C)CC2)c1. The third-order valence-corrected chi connectivity index (χ3v) is 4.24. The Labute approximate surface area is 123 Å². The molecule has 1 fully saturated rings. The number of aryl methyl sites for hydroxylation is 2. The lowest BCUT2D eigenvalue weighted by molar-refractivity contribution is 0.267. The number of nitrogens with zero attached hydrogens (tertiary/aromatic N) is 2. The van der Waals surface area contributed by atoms with Gasteiger partial charge in [0.05, 0.1) is 0 Å². The molecule has 1 aliphatic rings. The van der Waals surface area contributed by atoms with Gasteiger partial charge in [-0.25, -0.2) is 0 Å². The van der Waals surface area contributed by atoms with E-state index in [1.54, 1.807) is 0 Å². The number of hydrogen-bond acceptors (Lipinski definition) is 3. The maximum atomic E-state index is 6.38. The number of benzene rings is 1. The Morgan fingerprint density at radius 3 is 2.45 bits per heavy atom. The van der Waals surface area contributed by atoms with E-state index in [1.165, 1.54) is 49.3 Å². The molecule has 0 aromatic heterocycles. The molecule has 1 atom stereocenters. The third kappa shape index (κ3) is 4.58. The van der Waals surface area contributed by atoms with Crippen LogP contribution in [-0.2, 0) is 0 Å². The van der Waals surface area contributed by atoms with Crippen LogP contribution in [0.3, 0.4) is 0 Å². The zero-order chi connectivity index (χ0) is 14.5. The van der Waals surface area contributed by atoms with Gasteiger partial charge in [-0.3, -0.25) is 0 Å². The van der Waals surface area contributed by atoms with Crippen LogP contribution < -0.4 is 5.73 Å². The van der Waals surface area contributed by atoms with Gasteiger partial charge in [-0.2, -0.15) is 0 Å². The van der Waals surface area contributed by atoms with Crippen molar-refractivity contribution in [1.29, 1.82) is 0 Å². The normalized spacial score (nSPS) is 19.8. The Kier molecular flexibility index (Phi) is 5.58. The van der Waals surface area contributed by atoms with Crippen LogP contribution in [0.4, 0.5) is 0 Å². The van der Waals surface area contributed by atoms with Crippen molar-refractivity contribution in [2.75, 3.05) is 39.8 Å². The van der Waals surface area contributed by atoms with Crippen molar-refractivity contribution >= 4 is 0 Å². The van der Waals surface area contributed by atoms with Gasteiger partial charge in [-0.1, -0.05) is 29.3 Å². The molecule has 1 saturated heterocycles. The maximum absolute atomic E-state index is 6.38. The van der Waals surface area contributed by atoms with Crippen molar-refractivity contribution in [2.24, 2.45) is 5.73 Å². The molecule has 2 N–H and O–H groups in total. The van der Waals surface area contributed by atoms with Crippen LogP contribution in [0.25, 0.3) is 0 Å². The molecule has 1 heterocycles. The van der Waals surface area contributed by atoms with E-state index in [0.29, 0.717) is 0 Å². The fourth-order valence-corrected chi connectivity index (χ4v) is 3.04. The van der Waals surface area contributed by atoms with E-state index in [4.69, 9.17) is 5.73 Å². The van der Waals surface area contributed by atoms with E-state index in [9.17, 15) is 0 Å². The average molecular weight is 275 g/mol. The fourth-order valence-electron chi connectivity index (χ4n) is 3.04. The van der Waals surface area contributed by atoms with Crippen LogP contribution in [0, 0.1) is 13.8 Å². The first kappa shape index (κ1) is 15.5. The van der Waals surface area contributed by atoms with E-state index in [-0.39, 0.29) is 6.04 Å². The number of likely N-dealkylation sites (N-methyl/N-ethyl adjacent to an activating group) is 1. The predicted molar refractivity (Wildman–Crippen MR) is 86.0 cm³/mol. The first-order chi connectivity index (χ1) is 9.54. The van der Waals surface area contributed by atoms with Gasteiger partial charge in [-0.05, 0) is 58.9 Å². The summed E-state index contributed by atoms with van der Waals surface area (Å²) < 4.78 is 0. The number of hydrogen-bond donors (Lipinski definition) is 1. The van der Waals surface area contributed by atoms with Crippen LogP contribution in [0.2, 0.25) is 0 Å². The number of nitrogens with two attached hydrogens (primary N) is 1. The topological polar surface area (TPSA) is 32.5 Å². The van der Waals surface area contributed by atoms with Crippen molar-refractivity contribution in [3.63, 3.8) is 0 Å². The smallest absolute Gasteiger partial charge is 0.0307 e. The molecular formula is C17H29N3. The third-order valence-electron chi connectivity index (χ3n) is 4.24. The van der Waals surface area contributed by atoms with Crippen molar-refractivity contribution in [1.82, 2.24) is 9.80 Å². The van der Waals surface area contributed by atoms with Gasteiger partial charge in [0.2, 0.25) is 0 Å². The van der Waals surface area contributed by atoms with E-state index < -0.39 is 0 Å². The van der Waals surface area contributed by atoms with Crippen LogP contribution >= 0.6 is 0 Å². The van der Waals surface area contributed by atoms with Crippen LogP contribution in [-0.4, -0.2) is 49.6 Å². The Hall–Kier alpha value is -0.900. The first-order valence-corrected chi connectivity index (χ1v) is 7.79. The standard InChI is InChI=1S/C17H29N3/c1-14-11-15(2)13-16(12-14)17(18)5-8-20-7-4-6-19(3)9-10-20/h11-13,17H,4-10,18H2,1-3H3. The summed E-state index contributed by atoms with van der Waals surface area (Å²) in [7, 11) is 2.21. The molecule has 20 heavy (non-hydrogen) atoms. The quantitative estimate of drug-likeness (QED) is 0.915. The van der Waals surface area contributed by atoms with Crippen LogP contribution in [0.1, 0.15) is 35.6 Å². The van der Waals surface area contributed by atoms with Crippen molar-refractivity contribution in [2.45, 2.75) is 32.7 Å². The highest BCUT2D eigenvalue weighted by Gasteiger charge is 2.14. The monoisotopic (exact) mass is 275 g/mol. The molecule has 1 aromatic rings. The van der Waals surface area contributed by atoms with Gasteiger partial charge in [0.15, 0.2) is 0 Å². The highest BCUT2D eigenvalue weighted by molar-refractivity contribution is 5.30. The fraction of sp³-hybridized carbons (Fsp3) is 0.647. The Balaban J connectivity index is 1.86. The summed E-state index contributed by atoms with van der Waals surface area (Å²) >= 11 is 0. The molecule has 1 unspecified atom stereocenters. The van der Waals surface area contributed by atoms with Crippen molar-refractivity contribution in [3.05, 3.63) is 34.9 Å². The summed E-state index contributed by atoms with van der Waals surface area (Å²) in [6, 6.07) is 6.83. The number of rotatable bonds is 4. The molecular weight excluding hydrogens is 246 g/mol. The molecule has 0 bridgehead atoms. The minimum atomic E-state index is 0.162. The summed E-state index contributed by atoms with van der Waals surface area (Å²) in [4.78, 5) is 4.98. The zero-order valence-corrected chi connectivity index (χ0v) is 13.2. The summed E-state index contributed by atoms with van der Waals surface area (Å²) in [5.74, 6) is 0. The molecule has 0 radical (unpaired) electrons. The summed E-state index contributed by atoms with van der Waals surface area (Å²) in [6.07, 6.45) is 2.32. The van der Waals surface area contributed by atoms with E-state index in [0.717, 1.165) is 13.0 Å². The molecule has 3 heteroatoms. The van der Waals surface area contributed by atoms with Crippen molar-refractivity contribution < 1.29 is 0 Å². The second-order valence-electron chi connectivity index (χ2n) is 6.31. The minimum Gasteiger partial charge on any atom is -0.324 e. The summed E-state index contributed by atoms with van der Waals surface area (Å²) in [5, 5.41) is 0. The van der Waals surface area contributed by atoms with Crippen LogP contribution in [0.15, 0.2) is 18.2 Å². The average Bonchev–Trinajstić information content (AvgIpc) is 2.59. The highest BCUT2D eigenvalue weighted by atomic mass is 15.2. The lowest BCUT2D eigenvalue weighted by atomic mass is 9.99. The zero-order valence-electron chi connectivity index (χ0n) is 13.2. The molecule has 1 aromatic carbocycles. The van der Waals surface area contributed by atoms with Gasteiger partial charge < -0.3 is 15.5 Å². The molecule has 3 nitrogen and oxygen atoms in total. The predicted octanol–water partition coefficient (Wildman–Crippen LogP) is 2.33. The van der Waals surface area contributed by atoms with E-state index >= 15 is 0 Å².